The van der Waals surface area contributed by atoms with E-state index in [-0.39, 0.29) is 16.1 Å². The van der Waals surface area contributed by atoms with Gasteiger partial charge in [0.15, 0.2) is 0 Å². The Balaban J connectivity index is 2.53. The van der Waals surface area contributed by atoms with Gasteiger partial charge in [0, 0.05) is 5.56 Å². The molecule has 3 nitrogen and oxygen atoms in total. The summed E-state index contributed by atoms with van der Waals surface area (Å²) in [6, 6.07) is 5.24. The molecule has 1 aliphatic rings. The van der Waals surface area contributed by atoms with Crippen LogP contribution in [0.15, 0.2) is 18.2 Å². The second-order valence-electron chi connectivity index (χ2n) is 3.48. The fourth-order valence-electron chi connectivity index (χ4n) is 1.64. The van der Waals surface area contributed by atoms with E-state index in [0.29, 0.717) is 12.2 Å². The standard InChI is InChI=1S/C10H10Br2O3/c11-9(12)6-2-1-3-7(14)8(6)10(4-13)5-15-10/h1-3,9,13-14H,4-5H2/t10-/m0/s1. The zero-order valence-electron chi connectivity index (χ0n) is 7.78. The Morgan fingerprint density at radius 2 is 2.13 bits per heavy atom. The van der Waals surface area contributed by atoms with Crippen molar-refractivity contribution in [3.63, 3.8) is 0 Å². The topological polar surface area (TPSA) is 53.0 Å². The van der Waals surface area contributed by atoms with Crippen LogP contribution in [0.5, 0.6) is 5.75 Å². The minimum atomic E-state index is -0.708. The summed E-state index contributed by atoms with van der Waals surface area (Å²) < 4.78 is 5.18. The highest BCUT2D eigenvalue weighted by Crippen LogP contribution is 2.48. The number of ether oxygens (including phenoxy) is 1. The third-order valence-electron chi connectivity index (χ3n) is 2.51. The Labute approximate surface area is 104 Å². The second kappa shape index (κ2) is 4.05. The first kappa shape index (κ1) is 11.4. The molecule has 2 rings (SSSR count). The fraction of sp³-hybridized carbons (Fsp3) is 0.400. The van der Waals surface area contributed by atoms with Crippen LogP contribution in [-0.2, 0) is 10.3 Å². The molecule has 1 saturated heterocycles. The van der Waals surface area contributed by atoms with Crippen molar-refractivity contribution in [3.05, 3.63) is 29.3 Å². The molecule has 0 unspecified atom stereocenters. The Bertz CT molecular complexity index is 375. The number of benzene rings is 1. The van der Waals surface area contributed by atoms with E-state index in [1.54, 1.807) is 12.1 Å². The molecule has 1 fully saturated rings. The molecule has 0 aromatic heterocycles. The minimum Gasteiger partial charge on any atom is -0.508 e. The quantitative estimate of drug-likeness (QED) is 0.657. The molecule has 1 aromatic carbocycles. The summed E-state index contributed by atoms with van der Waals surface area (Å²) >= 11 is 6.77. The van der Waals surface area contributed by atoms with E-state index < -0.39 is 5.60 Å². The maximum absolute atomic E-state index is 9.81. The van der Waals surface area contributed by atoms with Crippen LogP contribution in [0, 0.1) is 0 Å². The lowest BCUT2D eigenvalue weighted by atomic mass is 9.95. The molecule has 0 saturated carbocycles. The van der Waals surface area contributed by atoms with E-state index in [1.165, 1.54) is 0 Å². The highest BCUT2D eigenvalue weighted by Gasteiger charge is 2.49. The molecule has 1 heterocycles. The number of aliphatic hydroxyl groups is 1. The highest BCUT2D eigenvalue weighted by molar-refractivity contribution is 9.24. The fourth-order valence-corrected chi connectivity index (χ4v) is 2.40. The van der Waals surface area contributed by atoms with E-state index in [1.807, 2.05) is 6.07 Å². The summed E-state index contributed by atoms with van der Waals surface area (Å²) in [6.07, 6.45) is 0. The molecule has 5 heteroatoms. The number of phenols is 1. The molecule has 1 aliphatic heterocycles. The number of epoxide rings is 1. The van der Waals surface area contributed by atoms with Crippen LogP contribution < -0.4 is 0 Å². The molecule has 15 heavy (non-hydrogen) atoms. The van der Waals surface area contributed by atoms with E-state index >= 15 is 0 Å². The highest BCUT2D eigenvalue weighted by atomic mass is 79.9. The van der Waals surface area contributed by atoms with Crippen LogP contribution in [0.3, 0.4) is 0 Å². The van der Waals surface area contributed by atoms with Gasteiger partial charge in [-0.25, -0.2) is 0 Å². The summed E-state index contributed by atoms with van der Waals surface area (Å²) in [6.45, 7) is 0.324. The number of hydrogen-bond acceptors (Lipinski definition) is 3. The van der Waals surface area contributed by atoms with Crippen LogP contribution in [0.1, 0.15) is 14.9 Å². The Kier molecular flexibility index (Phi) is 3.07. The lowest BCUT2D eigenvalue weighted by Gasteiger charge is -2.17. The first-order valence-electron chi connectivity index (χ1n) is 4.46. The smallest absolute Gasteiger partial charge is 0.143 e. The number of alkyl halides is 2. The average molecular weight is 338 g/mol. The molecular weight excluding hydrogens is 328 g/mol. The molecule has 82 valence electrons. The number of phenolic OH excluding ortho intramolecular Hbond substituents is 1. The van der Waals surface area contributed by atoms with Gasteiger partial charge < -0.3 is 14.9 Å². The number of aliphatic hydroxyl groups excluding tert-OH is 1. The third kappa shape index (κ3) is 1.93. The lowest BCUT2D eigenvalue weighted by Crippen LogP contribution is -2.16. The molecule has 1 atom stereocenters. The molecule has 0 radical (unpaired) electrons. The molecular formula is C10H10Br2O3. The van der Waals surface area contributed by atoms with Crippen molar-refractivity contribution < 1.29 is 14.9 Å². The van der Waals surface area contributed by atoms with Crippen molar-refractivity contribution >= 4 is 31.9 Å². The van der Waals surface area contributed by atoms with Gasteiger partial charge in [0.2, 0.25) is 0 Å². The van der Waals surface area contributed by atoms with Gasteiger partial charge >= 0.3 is 0 Å². The first-order valence-corrected chi connectivity index (χ1v) is 6.29. The molecule has 0 aliphatic carbocycles. The Morgan fingerprint density at radius 1 is 1.47 bits per heavy atom. The number of hydrogen-bond donors (Lipinski definition) is 2. The molecule has 0 bridgehead atoms. The third-order valence-corrected chi connectivity index (χ3v) is 3.50. The van der Waals surface area contributed by atoms with Gasteiger partial charge in [-0.15, -0.1) is 0 Å². The second-order valence-corrected chi connectivity index (χ2v) is 6.54. The van der Waals surface area contributed by atoms with E-state index in [2.05, 4.69) is 31.9 Å². The SMILES string of the molecule is OC[C@@]1(c2c(O)cccc2C(Br)Br)CO1. The van der Waals surface area contributed by atoms with Gasteiger partial charge in [-0.3, -0.25) is 0 Å². The van der Waals surface area contributed by atoms with E-state index in [4.69, 9.17) is 4.74 Å². The van der Waals surface area contributed by atoms with Gasteiger partial charge in [0.05, 0.1) is 17.0 Å². The van der Waals surface area contributed by atoms with Gasteiger partial charge in [-0.2, -0.15) is 0 Å². The predicted octanol–water partition coefficient (Wildman–Crippen LogP) is 2.40. The molecule has 0 spiro atoms. The van der Waals surface area contributed by atoms with Crippen LogP contribution >= 0.6 is 31.9 Å². The summed E-state index contributed by atoms with van der Waals surface area (Å²) in [5.41, 5.74) is 0.827. The van der Waals surface area contributed by atoms with E-state index in [0.717, 1.165) is 5.56 Å². The summed E-state index contributed by atoms with van der Waals surface area (Å²) in [5, 5.41) is 19.1. The van der Waals surface area contributed by atoms with Crippen molar-refractivity contribution in [1.82, 2.24) is 0 Å². The van der Waals surface area contributed by atoms with Gasteiger partial charge in [0.25, 0.3) is 0 Å². The van der Waals surface area contributed by atoms with Crippen LogP contribution in [-0.4, -0.2) is 23.4 Å². The van der Waals surface area contributed by atoms with Crippen molar-refractivity contribution in [2.75, 3.05) is 13.2 Å². The maximum atomic E-state index is 9.81. The molecule has 1 aromatic rings. The lowest BCUT2D eigenvalue weighted by molar-refractivity contribution is 0.169. The predicted molar refractivity (Wildman–Crippen MR) is 63.4 cm³/mol. The maximum Gasteiger partial charge on any atom is 0.143 e. The summed E-state index contributed by atoms with van der Waals surface area (Å²) in [7, 11) is 0. The zero-order valence-corrected chi connectivity index (χ0v) is 11.0. The molecule has 2 N–H and O–H groups in total. The monoisotopic (exact) mass is 336 g/mol. The number of rotatable bonds is 3. The van der Waals surface area contributed by atoms with Crippen molar-refractivity contribution in [1.29, 1.82) is 0 Å². The normalized spacial score (nSPS) is 24.5. The van der Waals surface area contributed by atoms with Gasteiger partial charge in [-0.05, 0) is 11.6 Å². The Morgan fingerprint density at radius 3 is 2.60 bits per heavy atom. The van der Waals surface area contributed by atoms with Gasteiger partial charge in [0.1, 0.15) is 11.4 Å². The summed E-state index contributed by atoms with van der Waals surface area (Å²) in [5.74, 6) is 0.156. The Hall–Kier alpha value is -0.100. The molecule has 0 amide bonds. The number of halogens is 2. The van der Waals surface area contributed by atoms with Crippen LogP contribution in [0.4, 0.5) is 0 Å². The van der Waals surface area contributed by atoms with Crippen LogP contribution in [0.25, 0.3) is 0 Å². The minimum absolute atomic E-state index is 0.0697. The number of aromatic hydroxyl groups is 1. The summed E-state index contributed by atoms with van der Waals surface area (Å²) in [4.78, 5) is 0. The van der Waals surface area contributed by atoms with Crippen LogP contribution in [0.2, 0.25) is 0 Å². The van der Waals surface area contributed by atoms with E-state index in [9.17, 15) is 10.2 Å². The average Bonchev–Trinajstić information content (AvgIpc) is 2.98. The van der Waals surface area contributed by atoms with Crippen molar-refractivity contribution in [2.24, 2.45) is 0 Å². The first-order chi connectivity index (χ1) is 7.10. The van der Waals surface area contributed by atoms with Crippen molar-refractivity contribution in [3.8, 4) is 5.75 Å². The van der Waals surface area contributed by atoms with Crippen molar-refractivity contribution in [2.45, 2.75) is 9.34 Å². The zero-order chi connectivity index (χ0) is 11.1. The van der Waals surface area contributed by atoms with Gasteiger partial charge in [-0.1, -0.05) is 44.0 Å². The largest absolute Gasteiger partial charge is 0.508 e.